The first kappa shape index (κ1) is 22.9. The number of aliphatic hydroxyl groups is 2. The lowest BCUT2D eigenvalue weighted by Gasteiger charge is -2.53. The van der Waals surface area contributed by atoms with Gasteiger partial charge in [-0.15, -0.1) is 0 Å². The number of hydrogen-bond acceptors (Lipinski definition) is 3. The molecular weight excluding hydrogens is 384 g/mol. The fourth-order valence-corrected chi connectivity index (χ4v) is 8.03. The van der Waals surface area contributed by atoms with Crippen LogP contribution in [0.15, 0.2) is 29.8 Å². The Bertz CT molecular complexity index is 839. The lowest BCUT2D eigenvalue weighted by atomic mass is 9.52. The molecule has 3 aliphatic carbocycles. The molecule has 3 N–H and O–H groups in total. The van der Waals surface area contributed by atoms with E-state index < -0.39 is 11.7 Å². The number of phenols is 1. The molecule has 1 aromatic carbocycles. The van der Waals surface area contributed by atoms with Crippen LogP contribution >= 0.6 is 0 Å². The van der Waals surface area contributed by atoms with E-state index in [4.69, 9.17) is 0 Å². The van der Waals surface area contributed by atoms with Gasteiger partial charge in [-0.1, -0.05) is 38.5 Å². The lowest BCUT2D eigenvalue weighted by Crippen LogP contribution is -2.50. The summed E-state index contributed by atoms with van der Waals surface area (Å²) in [4.78, 5) is 0. The van der Waals surface area contributed by atoms with Gasteiger partial charge in [0.2, 0.25) is 0 Å². The third-order valence-electron chi connectivity index (χ3n) is 9.44. The van der Waals surface area contributed by atoms with Crippen LogP contribution in [0, 0.1) is 29.1 Å². The van der Waals surface area contributed by atoms with Gasteiger partial charge in [0.25, 0.3) is 0 Å². The fourth-order valence-electron chi connectivity index (χ4n) is 8.03. The first-order valence-corrected chi connectivity index (χ1v) is 12.5. The van der Waals surface area contributed by atoms with Gasteiger partial charge >= 0.3 is 0 Å². The number of hydrogen-bond donors (Lipinski definition) is 3. The average Bonchev–Trinajstić information content (AvgIpc) is 2.98. The van der Waals surface area contributed by atoms with Crippen molar-refractivity contribution >= 4 is 0 Å². The van der Waals surface area contributed by atoms with Gasteiger partial charge in [-0.2, -0.15) is 0 Å². The smallest absolute Gasteiger partial charge is 0.115 e. The Morgan fingerprint density at radius 2 is 2.03 bits per heavy atom. The van der Waals surface area contributed by atoms with E-state index >= 15 is 0 Å². The third-order valence-corrected chi connectivity index (χ3v) is 9.44. The van der Waals surface area contributed by atoms with Crippen LogP contribution in [0.25, 0.3) is 0 Å². The van der Waals surface area contributed by atoms with Crippen LogP contribution in [-0.4, -0.2) is 27.0 Å². The van der Waals surface area contributed by atoms with Crippen molar-refractivity contribution in [3.8, 4) is 5.75 Å². The molecule has 3 nitrogen and oxygen atoms in total. The Morgan fingerprint density at radius 1 is 1.29 bits per heavy atom. The van der Waals surface area contributed by atoms with Gasteiger partial charge in [0.15, 0.2) is 0 Å². The molecule has 172 valence electrons. The van der Waals surface area contributed by atoms with Crippen LogP contribution in [0.2, 0.25) is 0 Å². The van der Waals surface area contributed by atoms with Gasteiger partial charge in [0.05, 0.1) is 11.7 Å². The first-order valence-electron chi connectivity index (χ1n) is 12.5. The lowest BCUT2D eigenvalue weighted by molar-refractivity contribution is -0.110. The zero-order valence-corrected chi connectivity index (χ0v) is 20.1. The van der Waals surface area contributed by atoms with E-state index in [-0.39, 0.29) is 11.3 Å². The summed E-state index contributed by atoms with van der Waals surface area (Å²) in [7, 11) is 0. The highest BCUT2D eigenvalue weighted by Crippen LogP contribution is 2.65. The van der Waals surface area contributed by atoms with Crippen LogP contribution in [0.4, 0.5) is 0 Å². The van der Waals surface area contributed by atoms with Crippen LogP contribution in [-0.2, 0) is 6.42 Å². The van der Waals surface area contributed by atoms with Crippen molar-refractivity contribution in [1.29, 1.82) is 0 Å². The number of aliphatic hydroxyl groups excluding tert-OH is 1. The molecule has 7 atom stereocenters. The predicted molar refractivity (Wildman–Crippen MR) is 126 cm³/mol. The first-order chi connectivity index (χ1) is 14.6. The third kappa shape index (κ3) is 3.86. The molecule has 0 saturated heterocycles. The van der Waals surface area contributed by atoms with Gasteiger partial charge in [0.1, 0.15) is 5.75 Å². The van der Waals surface area contributed by atoms with E-state index in [9.17, 15) is 15.3 Å². The minimum atomic E-state index is -0.864. The second kappa shape index (κ2) is 8.23. The molecule has 0 aliphatic heterocycles. The molecule has 2 fully saturated rings. The summed E-state index contributed by atoms with van der Waals surface area (Å²) in [6.07, 6.45) is 8.48. The summed E-state index contributed by atoms with van der Waals surface area (Å²) in [5.74, 6) is 2.33. The number of rotatable bonds is 5. The number of allylic oxidation sites excluding steroid dienone is 2. The number of phenolic OH excluding ortho intramolecular Hbond substituents is 1. The van der Waals surface area contributed by atoms with Crippen LogP contribution in [0.1, 0.15) is 90.2 Å². The maximum absolute atomic E-state index is 11.7. The molecule has 0 aromatic heterocycles. The van der Waals surface area contributed by atoms with Crippen LogP contribution in [0.3, 0.4) is 0 Å². The van der Waals surface area contributed by atoms with Gasteiger partial charge in [-0.3, -0.25) is 0 Å². The van der Waals surface area contributed by atoms with E-state index in [1.165, 1.54) is 16.7 Å². The Morgan fingerprint density at radius 3 is 2.71 bits per heavy atom. The molecule has 3 aliphatic rings. The molecule has 4 rings (SSSR count). The summed E-state index contributed by atoms with van der Waals surface area (Å²) in [6.45, 7) is 10.9. The zero-order chi connectivity index (χ0) is 22.6. The largest absolute Gasteiger partial charge is 0.508 e. The highest BCUT2D eigenvalue weighted by molar-refractivity contribution is 5.40. The minimum absolute atomic E-state index is 0.0214. The van der Waals surface area contributed by atoms with Gasteiger partial charge < -0.3 is 15.3 Å². The quantitative estimate of drug-likeness (QED) is 0.508. The molecule has 2 saturated carbocycles. The molecular formula is C28H42O3. The Labute approximate surface area is 188 Å². The summed E-state index contributed by atoms with van der Waals surface area (Å²) < 4.78 is 0. The van der Waals surface area contributed by atoms with E-state index in [0.29, 0.717) is 35.8 Å². The molecule has 0 unspecified atom stereocenters. The van der Waals surface area contributed by atoms with E-state index in [1.807, 2.05) is 19.1 Å². The summed E-state index contributed by atoms with van der Waals surface area (Å²) in [5, 5.41) is 32.9. The van der Waals surface area contributed by atoms with Gasteiger partial charge in [0, 0.05) is 5.92 Å². The van der Waals surface area contributed by atoms with Crippen molar-refractivity contribution in [2.24, 2.45) is 29.1 Å². The second-order valence-electron chi connectivity index (χ2n) is 11.5. The Kier molecular flexibility index (Phi) is 6.07. The monoisotopic (exact) mass is 426 g/mol. The van der Waals surface area contributed by atoms with Crippen LogP contribution in [0.5, 0.6) is 5.75 Å². The highest BCUT2D eigenvalue weighted by atomic mass is 16.3. The Hall–Kier alpha value is -1.32. The SMILES string of the molecule is C/C=C(/CC[C@](C)(O)[C@H]1[C@@H](O)C[C@H]2[C@@H]3CCc4cc(O)ccc4[C@H]3CC[C@@]21C)C(C)C. The van der Waals surface area contributed by atoms with Crippen molar-refractivity contribution in [3.05, 3.63) is 41.0 Å². The fraction of sp³-hybridized carbons (Fsp3) is 0.714. The number of aromatic hydroxyl groups is 1. The maximum atomic E-state index is 11.7. The summed E-state index contributed by atoms with van der Waals surface area (Å²) in [5.41, 5.74) is 3.23. The van der Waals surface area contributed by atoms with Gasteiger partial charge in [-0.05, 0) is 111 Å². The number of fused-ring (bicyclic) bond motifs is 5. The zero-order valence-electron chi connectivity index (χ0n) is 20.1. The van der Waals surface area contributed by atoms with Crippen molar-refractivity contribution in [2.75, 3.05) is 0 Å². The average molecular weight is 427 g/mol. The Balaban J connectivity index is 1.57. The van der Waals surface area contributed by atoms with E-state index in [2.05, 4.69) is 39.8 Å². The van der Waals surface area contributed by atoms with Crippen molar-refractivity contribution in [1.82, 2.24) is 0 Å². The van der Waals surface area contributed by atoms with Crippen LogP contribution < -0.4 is 0 Å². The molecule has 0 heterocycles. The minimum Gasteiger partial charge on any atom is -0.508 e. The van der Waals surface area contributed by atoms with Crippen molar-refractivity contribution in [3.63, 3.8) is 0 Å². The molecule has 0 bridgehead atoms. The summed E-state index contributed by atoms with van der Waals surface area (Å²) >= 11 is 0. The van der Waals surface area contributed by atoms with Crippen molar-refractivity contribution < 1.29 is 15.3 Å². The van der Waals surface area contributed by atoms with E-state index in [1.54, 1.807) is 0 Å². The topological polar surface area (TPSA) is 60.7 Å². The summed E-state index contributed by atoms with van der Waals surface area (Å²) in [6, 6.07) is 5.91. The maximum Gasteiger partial charge on any atom is 0.115 e. The molecule has 0 spiro atoms. The molecule has 3 heteroatoms. The molecule has 0 amide bonds. The molecule has 1 aromatic rings. The second-order valence-corrected chi connectivity index (χ2v) is 11.5. The van der Waals surface area contributed by atoms with Gasteiger partial charge in [-0.25, -0.2) is 0 Å². The number of aryl methyl sites for hydroxylation is 1. The van der Waals surface area contributed by atoms with E-state index in [0.717, 1.165) is 38.5 Å². The predicted octanol–water partition coefficient (Wildman–Crippen LogP) is 5.97. The molecule has 31 heavy (non-hydrogen) atoms. The highest BCUT2D eigenvalue weighted by Gasteiger charge is 2.62. The standard InChI is InChI=1S/C28H42O3/c1-6-18(17(2)3)11-14-28(5,31)26-25(30)16-24-23-9-7-19-15-20(29)8-10-21(19)22(23)12-13-27(24,26)4/h6,8,10,15,17,22-26,29-31H,7,9,11-14,16H2,1-5H3/b18-6-/t22-,23-,24+,25+,26+,27+,28+/m1/s1. The van der Waals surface area contributed by atoms with Crippen molar-refractivity contribution in [2.45, 2.75) is 97.2 Å². The molecule has 0 radical (unpaired) electrons. The normalized spacial score (nSPS) is 37.2. The number of benzene rings is 1.